The van der Waals surface area contributed by atoms with E-state index in [2.05, 4.69) is 31.0 Å². The third-order valence-electron chi connectivity index (χ3n) is 8.13. The summed E-state index contributed by atoms with van der Waals surface area (Å²) in [5.41, 5.74) is 2.38. The summed E-state index contributed by atoms with van der Waals surface area (Å²) >= 11 is 6.28. The summed E-state index contributed by atoms with van der Waals surface area (Å²) in [5.74, 6) is -1.76. The van der Waals surface area contributed by atoms with Gasteiger partial charge < -0.3 is 10.2 Å². The van der Waals surface area contributed by atoms with Crippen LogP contribution in [0.3, 0.4) is 0 Å². The minimum absolute atomic E-state index is 0.0341. The van der Waals surface area contributed by atoms with E-state index in [0.29, 0.717) is 36.8 Å². The van der Waals surface area contributed by atoms with Crippen LogP contribution in [-0.4, -0.2) is 53.3 Å². The number of halogens is 3. The Hall–Kier alpha value is -2.51. The highest BCUT2D eigenvalue weighted by Gasteiger charge is 2.44. The van der Waals surface area contributed by atoms with E-state index in [1.807, 2.05) is 30.0 Å². The van der Waals surface area contributed by atoms with Crippen LogP contribution < -0.4 is 5.32 Å². The van der Waals surface area contributed by atoms with Crippen molar-refractivity contribution in [1.29, 1.82) is 0 Å². The normalized spacial score (nSPS) is 21.9. The maximum Gasteiger partial charge on any atom is 0.227 e. The Labute approximate surface area is 229 Å². The number of piperidine rings is 1. The summed E-state index contributed by atoms with van der Waals surface area (Å²) in [7, 11) is 0. The van der Waals surface area contributed by atoms with Crippen LogP contribution in [0.2, 0.25) is 5.02 Å². The molecular weight excluding hydrogens is 508 g/mol. The van der Waals surface area contributed by atoms with Gasteiger partial charge in [-0.1, -0.05) is 23.7 Å². The molecule has 38 heavy (non-hydrogen) atoms. The van der Waals surface area contributed by atoms with Crippen molar-refractivity contribution in [2.45, 2.75) is 70.9 Å². The first-order valence-corrected chi connectivity index (χ1v) is 13.8. The van der Waals surface area contributed by atoms with Gasteiger partial charge in [0.05, 0.1) is 12.0 Å². The van der Waals surface area contributed by atoms with Gasteiger partial charge in [0.25, 0.3) is 0 Å². The molecule has 2 saturated heterocycles. The van der Waals surface area contributed by atoms with Crippen molar-refractivity contribution >= 4 is 23.4 Å². The van der Waals surface area contributed by atoms with Crippen molar-refractivity contribution in [1.82, 2.24) is 15.1 Å². The Bertz CT molecular complexity index is 1190. The largest absolute Gasteiger partial charge is 0.350 e. The van der Waals surface area contributed by atoms with Gasteiger partial charge in [0.15, 0.2) is 0 Å². The van der Waals surface area contributed by atoms with E-state index in [1.54, 1.807) is 0 Å². The molecule has 0 radical (unpaired) electrons. The molecule has 0 saturated carbocycles. The van der Waals surface area contributed by atoms with Crippen LogP contribution in [0.15, 0.2) is 36.4 Å². The topological polar surface area (TPSA) is 52.7 Å². The van der Waals surface area contributed by atoms with E-state index in [0.717, 1.165) is 30.0 Å². The zero-order valence-electron chi connectivity index (χ0n) is 22.9. The summed E-state index contributed by atoms with van der Waals surface area (Å²) in [5, 5.41) is 3.58. The molecule has 3 atom stereocenters. The van der Waals surface area contributed by atoms with E-state index in [9.17, 15) is 18.4 Å². The molecule has 8 heteroatoms. The van der Waals surface area contributed by atoms with E-state index < -0.39 is 17.6 Å². The molecule has 0 aliphatic carbocycles. The molecule has 2 fully saturated rings. The summed E-state index contributed by atoms with van der Waals surface area (Å²) in [6.45, 7) is 12.0. The van der Waals surface area contributed by atoms with Crippen LogP contribution in [0.1, 0.15) is 82.0 Å². The molecule has 2 amide bonds. The smallest absolute Gasteiger partial charge is 0.227 e. The molecule has 5 nitrogen and oxygen atoms in total. The number of likely N-dealkylation sites (tertiary alicyclic amines) is 2. The third-order valence-corrected chi connectivity index (χ3v) is 8.36. The predicted octanol–water partition coefficient (Wildman–Crippen LogP) is 6.04. The lowest BCUT2D eigenvalue weighted by molar-refractivity contribution is -0.136. The Balaban J connectivity index is 1.51. The van der Waals surface area contributed by atoms with Crippen LogP contribution in [0.4, 0.5) is 8.78 Å². The number of rotatable bonds is 5. The van der Waals surface area contributed by atoms with Crippen LogP contribution in [0, 0.1) is 17.6 Å². The van der Waals surface area contributed by atoms with E-state index in [4.69, 9.17) is 11.6 Å². The highest BCUT2D eigenvalue weighted by molar-refractivity contribution is 6.30. The first-order valence-electron chi connectivity index (χ1n) is 13.4. The Morgan fingerprint density at radius 3 is 2.29 bits per heavy atom. The molecule has 2 aromatic carbocycles. The van der Waals surface area contributed by atoms with Crippen molar-refractivity contribution < 1.29 is 18.4 Å². The molecule has 0 spiro atoms. The Morgan fingerprint density at radius 1 is 1.03 bits per heavy atom. The van der Waals surface area contributed by atoms with Gasteiger partial charge in [0.1, 0.15) is 11.6 Å². The molecule has 0 unspecified atom stereocenters. The number of hydrogen-bond donors (Lipinski definition) is 1. The highest BCUT2D eigenvalue weighted by atomic mass is 35.5. The number of amides is 2. The summed E-state index contributed by atoms with van der Waals surface area (Å²) in [4.78, 5) is 29.7. The van der Waals surface area contributed by atoms with Crippen LogP contribution in [0.5, 0.6) is 0 Å². The Kier molecular flexibility index (Phi) is 8.48. The number of nitrogens with one attached hydrogen (secondary N) is 1. The standard InChI is InChI=1S/C30H38ClF2N3O2/c1-18(34-19(2)37)25-14-21(31)6-8-23(25)20-10-12-35(13-11-20)29(38)27-17-36(30(3,4)5)16-26(27)24-9-7-22(32)15-28(24)33/h6-9,14-15,18,20,26-27H,10-13,16-17H2,1-5H3,(H,34,37)/t18-,26+,27-/m1/s1. The SMILES string of the molecule is CC(=O)N[C@H](C)c1cc(Cl)ccc1C1CCN(C(=O)[C@@H]2CN(C(C)(C)C)C[C@H]2c2ccc(F)cc2F)CC1. The first kappa shape index (κ1) is 28.5. The molecule has 1 N–H and O–H groups in total. The number of carbonyl (C=O) groups is 2. The fraction of sp³-hybridized carbons (Fsp3) is 0.533. The van der Waals surface area contributed by atoms with Crippen LogP contribution >= 0.6 is 11.6 Å². The zero-order chi connectivity index (χ0) is 27.8. The van der Waals surface area contributed by atoms with Crippen molar-refractivity contribution in [2.75, 3.05) is 26.2 Å². The summed E-state index contributed by atoms with van der Waals surface area (Å²) in [6.07, 6.45) is 1.58. The molecule has 2 heterocycles. The van der Waals surface area contributed by atoms with Gasteiger partial charge in [-0.05, 0) is 81.3 Å². The van der Waals surface area contributed by atoms with Gasteiger partial charge in [-0.25, -0.2) is 8.78 Å². The van der Waals surface area contributed by atoms with Crippen LogP contribution in [-0.2, 0) is 9.59 Å². The molecule has 2 aliphatic rings. The fourth-order valence-corrected chi connectivity index (χ4v) is 6.22. The second-order valence-corrected chi connectivity index (χ2v) is 12.2. The molecule has 4 rings (SSSR count). The summed E-state index contributed by atoms with van der Waals surface area (Å²) < 4.78 is 28.5. The van der Waals surface area contributed by atoms with E-state index >= 15 is 0 Å². The molecule has 0 bridgehead atoms. The maximum absolute atomic E-state index is 14.8. The third kappa shape index (κ3) is 6.20. The number of benzene rings is 2. The van der Waals surface area contributed by atoms with Crippen molar-refractivity contribution in [3.63, 3.8) is 0 Å². The molecule has 2 aromatic rings. The second-order valence-electron chi connectivity index (χ2n) is 11.7. The average molecular weight is 546 g/mol. The fourth-order valence-electron chi connectivity index (χ4n) is 6.04. The molecule has 0 aromatic heterocycles. The van der Waals surface area contributed by atoms with Crippen molar-refractivity contribution in [3.8, 4) is 0 Å². The summed E-state index contributed by atoms with van der Waals surface area (Å²) in [6, 6.07) is 9.32. The first-order chi connectivity index (χ1) is 17.8. The number of nitrogens with zero attached hydrogens (tertiary/aromatic N) is 2. The minimum Gasteiger partial charge on any atom is -0.350 e. The minimum atomic E-state index is -0.615. The van der Waals surface area contributed by atoms with Crippen molar-refractivity contribution in [3.05, 3.63) is 69.7 Å². The number of hydrogen-bond acceptors (Lipinski definition) is 3. The maximum atomic E-state index is 14.8. The molecule has 206 valence electrons. The van der Waals surface area contributed by atoms with E-state index in [1.165, 1.54) is 19.1 Å². The predicted molar refractivity (Wildman–Crippen MR) is 146 cm³/mol. The average Bonchev–Trinajstić information content (AvgIpc) is 3.29. The lowest BCUT2D eigenvalue weighted by Crippen LogP contribution is -2.44. The van der Waals surface area contributed by atoms with Gasteiger partial charge in [-0.2, -0.15) is 0 Å². The van der Waals surface area contributed by atoms with Crippen LogP contribution in [0.25, 0.3) is 0 Å². The Morgan fingerprint density at radius 2 is 1.68 bits per heavy atom. The van der Waals surface area contributed by atoms with Gasteiger partial charge in [-0.3, -0.25) is 14.5 Å². The number of carbonyl (C=O) groups excluding carboxylic acids is 2. The highest BCUT2D eigenvalue weighted by Crippen LogP contribution is 2.40. The second kappa shape index (κ2) is 11.3. The monoisotopic (exact) mass is 545 g/mol. The lowest BCUT2D eigenvalue weighted by atomic mass is 9.83. The van der Waals surface area contributed by atoms with Gasteiger partial charge in [0, 0.05) is 55.6 Å². The zero-order valence-corrected chi connectivity index (χ0v) is 23.6. The molecular formula is C30H38ClF2N3O2. The lowest BCUT2D eigenvalue weighted by Gasteiger charge is -2.36. The van der Waals surface area contributed by atoms with Gasteiger partial charge in [0.2, 0.25) is 11.8 Å². The van der Waals surface area contributed by atoms with Gasteiger partial charge in [-0.15, -0.1) is 0 Å². The van der Waals surface area contributed by atoms with E-state index in [-0.39, 0.29) is 35.2 Å². The quantitative estimate of drug-likeness (QED) is 0.499. The molecule has 2 aliphatic heterocycles. The van der Waals surface area contributed by atoms with Crippen molar-refractivity contribution in [2.24, 2.45) is 5.92 Å². The van der Waals surface area contributed by atoms with Gasteiger partial charge >= 0.3 is 0 Å².